The fourth-order valence-corrected chi connectivity index (χ4v) is 3.37. The molecule has 0 bridgehead atoms. The Hall–Kier alpha value is -0.420. The third-order valence-corrected chi connectivity index (χ3v) is 4.32. The first-order chi connectivity index (χ1) is 7.48. The van der Waals surface area contributed by atoms with Gasteiger partial charge in [0.2, 0.25) is 0 Å². The summed E-state index contributed by atoms with van der Waals surface area (Å²) in [5, 5.41) is 0. The van der Waals surface area contributed by atoms with Crippen molar-refractivity contribution in [3.8, 4) is 0 Å². The molecule has 2 rings (SSSR count). The van der Waals surface area contributed by atoms with Crippen LogP contribution < -0.4 is 10.6 Å². The monoisotopic (exact) mass is 301 g/mol. The molecule has 1 aromatic heterocycles. The van der Waals surface area contributed by atoms with Crippen molar-refractivity contribution in [2.75, 3.05) is 29.5 Å². The highest BCUT2D eigenvalue weighted by Crippen LogP contribution is 2.33. The Morgan fingerprint density at radius 2 is 2.31 bits per heavy atom. The second-order valence-corrected chi connectivity index (χ2v) is 7.31. The standard InChI is InChI=1S/C11H16BrN3S/c1-11(2)7-15(3-4-16-11)10-9(13)5-8(12)6-14-10/h5-6H,3-4,7,13H2,1-2H3. The van der Waals surface area contributed by atoms with E-state index in [0.29, 0.717) is 0 Å². The number of nitrogens with zero attached hydrogens (tertiary/aromatic N) is 2. The average molecular weight is 302 g/mol. The summed E-state index contributed by atoms with van der Waals surface area (Å²) >= 11 is 5.39. The lowest BCUT2D eigenvalue weighted by Crippen LogP contribution is -2.43. The summed E-state index contributed by atoms with van der Waals surface area (Å²) in [6, 6.07) is 1.91. The maximum atomic E-state index is 6.00. The Morgan fingerprint density at radius 3 is 2.94 bits per heavy atom. The number of thioether (sulfide) groups is 1. The first-order valence-electron chi connectivity index (χ1n) is 5.28. The average Bonchev–Trinajstić information content (AvgIpc) is 2.15. The fourth-order valence-electron chi connectivity index (χ4n) is 1.91. The highest BCUT2D eigenvalue weighted by Gasteiger charge is 2.28. The number of pyridine rings is 1. The predicted molar refractivity (Wildman–Crippen MR) is 75.1 cm³/mol. The summed E-state index contributed by atoms with van der Waals surface area (Å²) in [5.74, 6) is 2.04. The summed E-state index contributed by atoms with van der Waals surface area (Å²) in [6.45, 7) is 6.54. The van der Waals surface area contributed by atoms with Crippen molar-refractivity contribution in [2.45, 2.75) is 18.6 Å². The normalized spacial score (nSPS) is 19.8. The molecular formula is C11H16BrN3S. The Morgan fingerprint density at radius 1 is 1.56 bits per heavy atom. The van der Waals surface area contributed by atoms with Crippen molar-refractivity contribution in [1.29, 1.82) is 0 Å². The van der Waals surface area contributed by atoms with Gasteiger partial charge in [-0.1, -0.05) is 0 Å². The number of anilines is 2. The van der Waals surface area contributed by atoms with Crippen molar-refractivity contribution in [3.63, 3.8) is 0 Å². The molecule has 0 aromatic carbocycles. The minimum atomic E-state index is 0.277. The maximum Gasteiger partial charge on any atom is 0.151 e. The summed E-state index contributed by atoms with van der Waals surface area (Å²) in [4.78, 5) is 6.69. The molecule has 1 aromatic rings. The molecule has 0 spiro atoms. The van der Waals surface area contributed by atoms with Crippen LogP contribution in [0.5, 0.6) is 0 Å². The summed E-state index contributed by atoms with van der Waals surface area (Å²) in [6.07, 6.45) is 1.81. The minimum absolute atomic E-state index is 0.277. The van der Waals surface area contributed by atoms with E-state index >= 15 is 0 Å². The Bertz CT molecular complexity index is 395. The van der Waals surface area contributed by atoms with Crippen molar-refractivity contribution >= 4 is 39.2 Å². The van der Waals surface area contributed by atoms with Crippen LogP contribution in [0.1, 0.15) is 13.8 Å². The number of halogens is 1. The molecule has 0 saturated carbocycles. The van der Waals surface area contributed by atoms with E-state index in [4.69, 9.17) is 5.73 Å². The topological polar surface area (TPSA) is 42.2 Å². The van der Waals surface area contributed by atoms with Crippen molar-refractivity contribution in [2.24, 2.45) is 0 Å². The van der Waals surface area contributed by atoms with Gasteiger partial charge in [0.25, 0.3) is 0 Å². The van der Waals surface area contributed by atoms with Crippen LogP contribution in [0.2, 0.25) is 0 Å². The molecule has 5 heteroatoms. The first-order valence-corrected chi connectivity index (χ1v) is 7.06. The minimum Gasteiger partial charge on any atom is -0.396 e. The molecule has 2 heterocycles. The quantitative estimate of drug-likeness (QED) is 0.866. The molecule has 1 saturated heterocycles. The van der Waals surface area contributed by atoms with Crippen LogP contribution in [0.4, 0.5) is 11.5 Å². The van der Waals surface area contributed by atoms with Crippen molar-refractivity contribution < 1.29 is 0 Å². The molecule has 88 valence electrons. The molecule has 1 fully saturated rings. The van der Waals surface area contributed by atoms with Crippen LogP contribution in [0.25, 0.3) is 0 Å². The number of nitrogen functional groups attached to an aromatic ring is 1. The molecule has 0 amide bonds. The van der Waals surface area contributed by atoms with Gasteiger partial charge in [-0.05, 0) is 35.8 Å². The molecule has 0 atom stereocenters. The lowest BCUT2D eigenvalue weighted by Gasteiger charge is -2.38. The number of rotatable bonds is 1. The van der Waals surface area contributed by atoms with Gasteiger partial charge >= 0.3 is 0 Å². The highest BCUT2D eigenvalue weighted by molar-refractivity contribution is 9.10. The van der Waals surface area contributed by atoms with E-state index < -0.39 is 0 Å². The van der Waals surface area contributed by atoms with Crippen LogP contribution in [-0.2, 0) is 0 Å². The molecule has 0 aliphatic carbocycles. The van der Waals surface area contributed by atoms with E-state index in [9.17, 15) is 0 Å². The zero-order valence-corrected chi connectivity index (χ0v) is 11.9. The van der Waals surface area contributed by atoms with E-state index in [2.05, 4.69) is 39.7 Å². The molecule has 16 heavy (non-hydrogen) atoms. The Kier molecular flexibility index (Phi) is 3.35. The van der Waals surface area contributed by atoms with Crippen molar-refractivity contribution in [1.82, 2.24) is 4.98 Å². The van der Waals surface area contributed by atoms with Gasteiger partial charge in [-0.25, -0.2) is 4.98 Å². The zero-order valence-electron chi connectivity index (χ0n) is 9.53. The maximum absolute atomic E-state index is 6.00. The first kappa shape index (κ1) is 12.0. The molecule has 0 unspecified atom stereocenters. The van der Waals surface area contributed by atoms with Gasteiger partial charge in [0.05, 0.1) is 5.69 Å². The van der Waals surface area contributed by atoms with Gasteiger partial charge in [-0.3, -0.25) is 0 Å². The largest absolute Gasteiger partial charge is 0.396 e. The number of nitrogens with two attached hydrogens (primary N) is 1. The van der Waals surface area contributed by atoms with Gasteiger partial charge in [-0.2, -0.15) is 11.8 Å². The second-order valence-electron chi connectivity index (χ2n) is 4.60. The molecule has 2 N–H and O–H groups in total. The van der Waals surface area contributed by atoms with Gasteiger partial charge in [0, 0.05) is 34.3 Å². The Balaban J connectivity index is 2.23. The Labute approximate surface area is 109 Å². The smallest absolute Gasteiger partial charge is 0.151 e. The van der Waals surface area contributed by atoms with E-state index in [1.807, 2.05) is 17.8 Å². The number of aromatic nitrogens is 1. The lowest BCUT2D eigenvalue weighted by molar-refractivity contribution is 0.643. The number of hydrogen-bond donors (Lipinski definition) is 1. The van der Waals surface area contributed by atoms with E-state index in [0.717, 1.165) is 34.8 Å². The summed E-state index contributed by atoms with van der Waals surface area (Å²) in [5.41, 5.74) is 6.75. The fraction of sp³-hybridized carbons (Fsp3) is 0.545. The third kappa shape index (κ3) is 2.63. The summed E-state index contributed by atoms with van der Waals surface area (Å²) < 4.78 is 1.21. The van der Waals surface area contributed by atoms with Gasteiger partial charge < -0.3 is 10.6 Å². The molecule has 1 aliphatic heterocycles. The lowest BCUT2D eigenvalue weighted by atomic mass is 10.2. The SMILES string of the molecule is CC1(C)CN(c2ncc(Br)cc2N)CCS1. The molecule has 3 nitrogen and oxygen atoms in total. The van der Waals surface area contributed by atoms with Crippen LogP contribution in [-0.4, -0.2) is 28.6 Å². The predicted octanol–water partition coefficient (Wildman–Crippen LogP) is 2.76. The van der Waals surface area contributed by atoms with Crippen LogP contribution in [0, 0.1) is 0 Å². The van der Waals surface area contributed by atoms with Crippen molar-refractivity contribution in [3.05, 3.63) is 16.7 Å². The highest BCUT2D eigenvalue weighted by atomic mass is 79.9. The molecule has 0 radical (unpaired) electrons. The van der Waals surface area contributed by atoms with Gasteiger partial charge in [0.15, 0.2) is 5.82 Å². The van der Waals surface area contributed by atoms with Gasteiger partial charge in [0.1, 0.15) is 0 Å². The van der Waals surface area contributed by atoms with E-state index in [1.165, 1.54) is 0 Å². The second kappa shape index (κ2) is 4.45. The van der Waals surface area contributed by atoms with E-state index in [-0.39, 0.29) is 4.75 Å². The van der Waals surface area contributed by atoms with E-state index in [1.54, 1.807) is 6.20 Å². The third-order valence-electron chi connectivity index (χ3n) is 2.59. The van der Waals surface area contributed by atoms with Gasteiger partial charge in [-0.15, -0.1) is 0 Å². The number of hydrogen-bond acceptors (Lipinski definition) is 4. The molecular weight excluding hydrogens is 286 g/mol. The molecule has 1 aliphatic rings. The van der Waals surface area contributed by atoms with Crippen LogP contribution >= 0.6 is 27.7 Å². The summed E-state index contributed by atoms with van der Waals surface area (Å²) in [7, 11) is 0. The van der Waals surface area contributed by atoms with Crippen LogP contribution in [0.15, 0.2) is 16.7 Å². The zero-order chi connectivity index (χ0) is 11.8. The van der Waals surface area contributed by atoms with Crippen LogP contribution in [0.3, 0.4) is 0 Å².